The Kier molecular flexibility index (Phi) is 7.53. The van der Waals surface area contributed by atoms with Crippen LogP contribution in [0, 0.1) is 0 Å². The van der Waals surface area contributed by atoms with Crippen molar-refractivity contribution in [1.29, 1.82) is 0 Å². The Labute approximate surface area is 124 Å². The van der Waals surface area contributed by atoms with Crippen LogP contribution in [0.4, 0.5) is 0 Å². The molecule has 1 aromatic carbocycles. The predicted molar refractivity (Wildman–Crippen MR) is 86.0 cm³/mol. The Morgan fingerprint density at radius 3 is 2.20 bits per heavy atom. The fraction of sp³-hybridized carbons (Fsp3) is 0.611. The van der Waals surface area contributed by atoms with E-state index in [1.54, 1.807) is 0 Å². The number of ketones is 1. The van der Waals surface area contributed by atoms with Crippen LogP contribution >= 0.6 is 0 Å². The van der Waals surface area contributed by atoms with Crippen molar-refractivity contribution < 1.29 is 9.28 Å². The lowest BCUT2D eigenvalue weighted by molar-refractivity contribution is -0.882. The molecule has 0 N–H and O–H groups in total. The summed E-state index contributed by atoms with van der Waals surface area (Å²) >= 11 is 0. The fourth-order valence-electron chi connectivity index (χ4n) is 2.50. The molecule has 0 spiro atoms. The van der Waals surface area contributed by atoms with Crippen molar-refractivity contribution in [2.45, 2.75) is 45.4 Å². The number of unbranched alkanes of at least 4 members (excludes halogenated alkanes) is 5. The summed E-state index contributed by atoms with van der Waals surface area (Å²) in [7, 11) is 4.32. The molecule has 0 fully saturated rings. The zero-order valence-corrected chi connectivity index (χ0v) is 13.4. The molecule has 112 valence electrons. The third-order valence-electron chi connectivity index (χ3n) is 3.78. The van der Waals surface area contributed by atoms with Gasteiger partial charge in [0.15, 0.2) is 0 Å². The summed E-state index contributed by atoms with van der Waals surface area (Å²) in [5.41, 5.74) is 0.835. The van der Waals surface area contributed by atoms with Crippen LogP contribution in [0.25, 0.3) is 0 Å². The maximum atomic E-state index is 12.2. The lowest BCUT2D eigenvalue weighted by Crippen LogP contribution is -2.44. The molecule has 0 amide bonds. The molecule has 1 rings (SSSR count). The molecular formula is C18H30NO+. The Balaban J connectivity index is 2.28. The molecule has 0 radical (unpaired) electrons. The van der Waals surface area contributed by atoms with E-state index in [4.69, 9.17) is 0 Å². The molecule has 1 aromatic rings. The van der Waals surface area contributed by atoms with Crippen LogP contribution in [0.2, 0.25) is 0 Å². The van der Waals surface area contributed by atoms with Crippen molar-refractivity contribution in [3.8, 4) is 0 Å². The number of rotatable bonds is 10. The SMILES string of the molecule is CCCCCCCC[N+](C)(C)CC(=O)c1ccccc1. The van der Waals surface area contributed by atoms with Crippen LogP contribution in [0.1, 0.15) is 55.8 Å². The van der Waals surface area contributed by atoms with Gasteiger partial charge in [0.1, 0.15) is 6.54 Å². The first kappa shape index (κ1) is 16.9. The van der Waals surface area contributed by atoms with Gasteiger partial charge in [0.25, 0.3) is 0 Å². The topological polar surface area (TPSA) is 17.1 Å². The van der Waals surface area contributed by atoms with Gasteiger partial charge in [-0.25, -0.2) is 0 Å². The summed E-state index contributed by atoms with van der Waals surface area (Å²) in [5.74, 6) is 0.251. The molecule has 0 heterocycles. The van der Waals surface area contributed by atoms with Crippen LogP contribution in [0.15, 0.2) is 30.3 Å². The molecule has 0 aliphatic rings. The lowest BCUT2D eigenvalue weighted by atomic mass is 10.1. The minimum absolute atomic E-state index is 0.251. The van der Waals surface area contributed by atoms with Gasteiger partial charge in [0.2, 0.25) is 5.78 Å². The van der Waals surface area contributed by atoms with Crippen LogP contribution < -0.4 is 0 Å². The first-order valence-corrected chi connectivity index (χ1v) is 7.95. The Hall–Kier alpha value is -1.15. The number of carbonyl (C=O) groups is 1. The highest BCUT2D eigenvalue weighted by molar-refractivity contribution is 5.96. The van der Waals surface area contributed by atoms with E-state index >= 15 is 0 Å². The van der Waals surface area contributed by atoms with Crippen molar-refractivity contribution >= 4 is 5.78 Å². The number of quaternary nitrogens is 1. The predicted octanol–water partition coefficient (Wildman–Crippen LogP) is 4.31. The van der Waals surface area contributed by atoms with Crippen molar-refractivity contribution in [2.75, 3.05) is 27.2 Å². The monoisotopic (exact) mass is 276 g/mol. The number of hydrogen-bond acceptors (Lipinski definition) is 1. The molecular weight excluding hydrogens is 246 g/mol. The second-order valence-electron chi connectivity index (χ2n) is 6.37. The van der Waals surface area contributed by atoms with Gasteiger partial charge in [0.05, 0.1) is 20.6 Å². The van der Waals surface area contributed by atoms with E-state index in [-0.39, 0.29) is 5.78 Å². The van der Waals surface area contributed by atoms with Crippen molar-refractivity contribution in [2.24, 2.45) is 0 Å². The van der Waals surface area contributed by atoms with Gasteiger partial charge in [-0.2, -0.15) is 0 Å². The maximum Gasteiger partial charge on any atom is 0.216 e. The standard InChI is InChI=1S/C18H30NO/c1-4-5-6-7-8-12-15-19(2,3)16-18(20)17-13-10-9-11-14-17/h9-11,13-14H,4-8,12,15-16H2,1-3H3/q+1. The van der Waals surface area contributed by atoms with Gasteiger partial charge in [-0.3, -0.25) is 4.79 Å². The lowest BCUT2D eigenvalue weighted by Gasteiger charge is -2.29. The second-order valence-corrected chi connectivity index (χ2v) is 6.37. The Morgan fingerprint density at radius 1 is 0.950 bits per heavy atom. The average Bonchev–Trinajstić information content (AvgIpc) is 2.43. The van der Waals surface area contributed by atoms with Crippen molar-refractivity contribution in [3.05, 3.63) is 35.9 Å². The zero-order valence-electron chi connectivity index (χ0n) is 13.4. The maximum absolute atomic E-state index is 12.2. The molecule has 0 aliphatic carbocycles. The number of hydrogen-bond donors (Lipinski definition) is 0. The van der Waals surface area contributed by atoms with Gasteiger partial charge in [0, 0.05) is 5.56 Å². The summed E-state index contributed by atoms with van der Waals surface area (Å²) in [6.07, 6.45) is 7.85. The van der Waals surface area contributed by atoms with Gasteiger partial charge in [-0.15, -0.1) is 0 Å². The van der Waals surface area contributed by atoms with Gasteiger partial charge >= 0.3 is 0 Å². The first-order valence-electron chi connectivity index (χ1n) is 7.95. The van der Waals surface area contributed by atoms with E-state index < -0.39 is 0 Å². The average molecular weight is 276 g/mol. The summed E-state index contributed by atoms with van der Waals surface area (Å²) in [6, 6.07) is 9.63. The third-order valence-corrected chi connectivity index (χ3v) is 3.78. The van der Waals surface area contributed by atoms with Gasteiger partial charge < -0.3 is 4.48 Å². The van der Waals surface area contributed by atoms with E-state index in [2.05, 4.69) is 21.0 Å². The van der Waals surface area contributed by atoms with Crippen molar-refractivity contribution in [1.82, 2.24) is 0 Å². The highest BCUT2D eigenvalue weighted by Crippen LogP contribution is 2.10. The molecule has 20 heavy (non-hydrogen) atoms. The summed E-state index contributed by atoms with van der Waals surface area (Å²) < 4.78 is 0.793. The van der Waals surface area contributed by atoms with E-state index in [0.717, 1.165) is 16.6 Å². The molecule has 0 bridgehead atoms. The second kappa shape index (κ2) is 8.91. The molecule has 2 nitrogen and oxygen atoms in total. The highest BCUT2D eigenvalue weighted by atomic mass is 16.1. The van der Waals surface area contributed by atoms with E-state index in [1.165, 1.54) is 38.5 Å². The minimum atomic E-state index is 0.251. The van der Waals surface area contributed by atoms with E-state index in [1.807, 2.05) is 30.3 Å². The van der Waals surface area contributed by atoms with Crippen LogP contribution in [0.5, 0.6) is 0 Å². The van der Waals surface area contributed by atoms with Gasteiger partial charge in [-0.1, -0.05) is 62.9 Å². The molecule has 0 aromatic heterocycles. The third kappa shape index (κ3) is 6.85. The molecule has 2 heteroatoms. The van der Waals surface area contributed by atoms with Crippen molar-refractivity contribution in [3.63, 3.8) is 0 Å². The molecule has 0 atom stereocenters. The quantitative estimate of drug-likeness (QED) is 0.353. The summed E-state index contributed by atoms with van der Waals surface area (Å²) in [6.45, 7) is 3.93. The van der Waals surface area contributed by atoms with Crippen LogP contribution in [0.3, 0.4) is 0 Å². The summed E-state index contributed by atoms with van der Waals surface area (Å²) in [4.78, 5) is 12.2. The largest absolute Gasteiger partial charge is 0.322 e. The number of Topliss-reactive ketones (excluding diaryl/α,β-unsaturated/α-hetero) is 1. The minimum Gasteiger partial charge on any atom is -0.322 e. The highest BCUT2D eigenvalue weighted by Gasteiger charge is 2.20. The van der Waals surface area contributed by atoms with Crippen LogP contribution in [-0.4, -0.2) is 37.5 Å². The smallest absolute Gasteiger partial charge is 0.216 e. The molecule has 0 unspecified atom stereocenters. The fourth-order valence-corrected chi connectivity index (χ4v) is 2.50. The summed E-state index contributed by atoms with van der Waals surface area (Å²) in [5, 5.41) is 0. The number of nitrogens with zero attached hydrogens (tertiary/aromatic N) is 1. The Bertz CT molecular complexity index is 384. The molecule has 0 saturated carbocycles. The number of carbonyl (C=O) groups excluding carboxylic acids is 1. The van der Waals surface area contributed by atoms with E-state index in [9.17, 15) is 4.79 Å². The van der Waals surface area contributed by atoms with Crippen LogP contribution in [-0.2, 0) is 0 Å². The normalized spacial score (nSPS) is 11.6. The molecule has 0 aliphatic heterocycles. The first-order chi connectivity index (χ1) is 9.55. The zero-order chi connectivity index (χ0) is 14.8. The molecule has 0 saturated heterocycles. The Morgan fingerprint density at radius 2 is 1.55 bits per heavy atom. The number of likely N-dealkylation sites (N-methyl/N-ethyl adjacent to an activating group) is 1. The number of benzene rings is 1. The van der Waals surface area contributed by atoms with Gasteiger partial charge in [-0.05, 0) is 12.8 Å². The van der Waals surface area contributed by atoms with E-state index in [0.29, 0.717) is 6.54 Å².